The van der Waals surface area contributed by atoms with Crippen molar-refractivity contribution in [1.29, 1.82) is 5.26 Å². The molecular weight excluding hydrogens is 347 g/mol. The van der Waals surface area contributed by atoms with E-state index in [1.807, 2.05) is 6.07 Å². The summed E-state index contributed by atoms with van der Waals surface area (Å²) in [5.41, 5.74) is 0.435. The fourth-order valence-corrected chi connectivity index (χ4v) is 2.24. The molecule has 0 spiro atoms. The number of hydrogen-bond donors (Lipinski definition) is 1. The lowest BCUT2D eigenvalue weighted by Gasteiger charge is -2.21. The molecule has 0 fully saturated rings. The van der Waals surface area contributed by atoms with Crippen LogP contribution in [-0.4, -0.2) is 18.4 Å². The number of nitrogens with one attached hydrogen (secondary N) is 1. The number of nitrogens with zero attached hydrogens (tertiary/aromatic N) is 2. The first-order valence-electron chi connectivity index (χ1n) is 7.55. The largest absolute Gasteiger partial charge is 0.326 e. The van der Waals surface area contributed by atoms with Crippen LogP contribution < -0.4 is 10.2 Å². The van der Waals surface area contributed by atoms with Crippen molar-refractivity contribution in [2.24, 2.45) is 0 Å². The molecule has 2 amide bonds. The van der Waals surface area contributed by atoms with Gasteiger partial charge in [-0.3, -0.25) is 9.59 Å². The number of halogens is 3. The third kappa shape index (κ3) is 4.39. The van der Waals surface area contributed by atoms with Crippen molar-refractivity contribution >= 4 is 23.2 Å². The zero-order valence-corrected chi connectivity index (χ0v) is 13.7. The van der Waals surface area contributed by atoms with Crippen LogP contribution in [-0.2, 0) is 9.59 Å². The van der Waals surface area contributed by atoms with E-state index in [0.29, 0.717) is 17.3 Å². The summed E-state index contributed by atoms with van der Waals surface area (Å²) < 4.78 is 40.3. The number of carbonyl (C=O) groups is 2. The van der Waals surface area contributed by atoms with E-state index in [0.717, 1.165) is 17.9 Å². The van der Waals surface area contributed by atoms with Gasteiger partial charge in [0.15, 0.2) is 17.5 Å². The standard InChI is InChI=1S/C18H14F3N3O2/c1-11(25)24(15-7-6-14(19)17(20)18(15)21)9-8-16(26)23-13-4-2-12(10-22)3-5-13/h2-7H,8-9H2,1H3,(H,23,26). The summed E-state index contributed by atoms with van der Waals surface area (Å²) in [4.78, 5) is 24.6. The molecule has 0 bridgehead atoms. The van der Waals surface area contributed by atoms with Crippen molar-refractivity contribution in [1.82, 2.24) is 0 Å². The second kappa shape index (κ2) is 8.16. The molecule has 2 rings (SSSR count). The van der Waals surface area contributed by atoms with Crippen LogP contribution in [0.2, 0.25) is 0 Å². The van der Waals surface area contributed by atoms with E-state index < -0.39 is 35.0 Å². The van der Waals surface area contributed by atoms with Crippen LogP contribution in [0.15, 0.2) is 36.4 Å². The Morgan fingerprint density at radius 2 is 1.73 bits per heavy atom. The van der Waals surface area contributed by atoms with Gasteiger partial charge in [-0.05, 0) is 36.4 Å². The van der Waals surface area contributed by atoms with Gasteiger partial charge in [0, 0.05) is 25.6 Å². The Kier molecular flexibility index (Phi) is 5.96. The minimum atomic E-state index is -1.68. The second-order valence-electron chi connectivity index (χ2n) is 5.35. The molecule has 1 N–H and O–H groups in total. The molecular formula is C18H14F3N3O2. The van der Waals surface area contributed by atoms with Crippen LogP contribution in [0.25, 0.3) is 0 Å². The molecule has 0 aliphatic rings. The van der Waals surface area contributed by atoms with Crippen LogP contribution in [0.3, 0.4) is 0 Å². The predicted molar refractivity (Wildman–Crippen MR) is 88.7 cm³/mol. The maximum atomic E-state index is 13.9. The minimum absolute atomic E-state index is 0.196. The zero-order valence-electron chi connectivity index (χ0n) is 13.7. The van der Waals surface area contributed by atoms with Crippen molar-refractivity contribution in [2.45, 2.75) is 13.3 Å². The van der Waals surface area contributed by atoms with Crippen LogP contribution in [0.4, 0.5) is 24.5 Å². The SMILES string of the molecule is CC(=O)N(CCC(=O)Nc1ccc(C#N)cc1)c1ccc(F)c(F)c1F. The first-order chi connectivity index (χ1) is 12.3. The Morgan fingerprint density at radius 1 is 1.08 bits per heavy atom. The highest BCUT2D eigenvalue weighted by Crippen LogP contribution is 2.24. The lowest BCUT2D eigenvalue weighted by Crippen LogP contribution is -2.33. The highest BCUT2D eigenvalue weighted by molar-refractivity contribution is 5.94. The Labute approximate surface area is 147 Å². The van der Waals surface area contributed by atoms with Crippen molar-refractivity contribution in [3.05, 3.63) is 59.4 Å². The first kappa shape index (κ1) is 19.0. The third-order valence-electron chi connectivity index (χ3n) is 3.55. The fourth-order valence-electron chi connectivity index (χ4n) is 2.24. The number of rotatable bonds is 5. The molecule has 2 aromatic rings. The van der Waals surface area contributed by atoms with Crippen molar-refractivity contribution < 1.29 is 22.8 Å². The van der Waals surface area contributed by atoms with Gasteiger partial charge in [-0.2, -0.15) is 5.26 Å². The summed E-state index contributed by atoms with van der Waals surface area (Å²) in [6.07, 6.45) is -0.196. The summed E-state index contributed by atoms with van der Waals surface area (Å²) in [5, 5.41) is 11.3. The number of carbonyl (C=O) groups excluding carboxylic acids is 2. The van der Waals surface area contributed by atoms with Crippen molar-refractivity contribution in [3.8, 4) is 6.07 Å². The molecule has 0 aliphatic heterocycles. The maximum absolute atomic E-state index is 13.9. The van der Waals surface area contributed by atoms with E-state index >= 15 is 0 Å². The number of hydrogen-bond acceptors (Lipinski definition) is 3. The average Bonchev–Trinajstić information content (AvgIpc) is 2.62. The molecule has 5 nitrogen and oxygen atoms in total. The van der Waals surface area contributed by atoms with E-state index in [2.05, 4.69) is 5.32 Å². The molecule has 0 radical (unpaired) electrons. The molecule has 0 saturated heterocycles. The molecule has 0 saturated carbocycles. The Bertz CT molecular complexity index is 876. The third-order valence-corrected chi connectivity index (χ3v) is 3.55. The van der Waals surface area contributed by atoms with E-state index in [-0.39, 0.29) is 13.0 Å². The van der Waals surface area contributed by atoms with Gasteiger partial charge in [-0.15, -0.1) is 0 Å². The summed E-state index contributed by atoms with van der Waals surface area (Å²) in [6.45, 7) is 0.901. The van der Waals surface area contributed by atoms with Gasteiger partial charge in [0.1, 0.15) is 0 Å². The fraction of sp³-hybridized carbons (Fsp3) is 0.167. The molecule has 0 atom stereocenters. The van der Waals surface area contributed by atoms with E-state index in [1.165, 1.54) is 24.3 Å². The predicted octanol–water partition coefficient (Wildman–Crippen LogP) is 3.36. The smallest absolute Gasteiger partial charge is 0.226 e. The molecule has 0 aromatic heterocycles. The average molecular weight is 361 g/mol. The second-order valence-corrected chi connectivity index (χ2v) is 5.35. The Hall–Kier alpha value is -3.34. The molecule has 0 unspecified atom stereocenters. The Morgan fingerprint density at radius 3 is 2.31 bits per heavy atom. The summed E-state index contributed by atoms with van der Waals surface area (Å²) in [6, 6.07) is 9.71. The number of amides is 2. The monoisotopic (exact) mass is 361 g/mol. The molecule has 0 heterocycles. The lowest BCUT2D eigenvalue weighted by atomic mass is 10.2. The van der Waals surface area contributed by atoms with Crippen molar-refractivity contribution in [2.75, 3.05) is 16.8 Å². The molecule has 26 heavy (non-hydrogen) atoms. The zero-order chi connectivity index (χ0) is 19.3. The number of nitriles is 1. The number of anilines is 2. The van der Waals surface area contributed by atoms with Gasteiger partial charge in [0.25, 0.3) is 0 Å². The minimum Gasteiger partial charge on any atom is -0.326 e. The Balaban J connectivity index is 2.06. The topological polar surface area (TPSA) is 73.2 Å². The maximum Gasteiger partial charge on any atom is 0.226 e. The van der Waals surface area contributed by atoms with Gasteiger partial charge in [-0.25, -0.2) is 13.2 Å². The molecule has 134 valence electrons. The van der Waals surface area contributed by atoms with Gasteiger partial charge < -0.3 is 10.2 Å². The van der Waals surface area contributed by atoms with E-state index in [9.17, 15) is 22.8 Å². The van der Waals surface area contributed by atoms with Gasteiger partial charge in [0.2, 0.25) is 11.8 Å². The highest BCUT2D eigenvalue weighted by Gasteiger charge is 2.21. The highest BCUT2D eigenvalue weighted by atomic mass is 19.2. The normalized spacial score (nSPS) is 10.1. The van der Waals surface area contributed by atoms with E-state index in [1.54, 1.807) is 0 Å². The molecule has 2 aromatic carbocycles. The lowest BCUT2D eigenvalue weighted by molar-refractivity contribution is -0.117. The van der Waals surface area contributed by atoms with E-state index in [4.69, 9.17) is 5.26 Å². The van der Waals surface area contributed by atoms with Crippen LogP contribution in [0.1, 0.15) is 18.9 Å². The van der Waals surface area contributed by atoms with Crippen LogP contribution >= 0.6 is 0 Å². The van der Waals surface area contributed by atoms with Crippen LogP contribution in [0, 0.1) is 28.8 Å². The van der Waals surface area contributed by atoms with Gasteiger partial charge in [-0.1, -0.05) is 0 Å². The quantitative estimate of drug-likeness (QED) is 0.830. The first-order valence-corrected chi connectivity index (χ1v) is 7.55. The summed E-state index contributed by atoms with van der Waals surface area (Å²) >= 11 is 0. The summed E-state index contributed by atoms with van der Waals surface area (Å²) in [5.74, 6) is -5.64. The van der Waals surface area contributed by atoms with Crippen molar-refractivity contribution in [3.63, 3.8) is 0 Å². The van der Waals surface area contributed by atoms with Gasteiger partial charge in [0.05, 0.1) is 17.3 Å². The number of benzene rings is 2. The van der Waals surface area contributed by atoms with Gasteiger partial charge >= 0.3 is 0 Å². The molecule has 0 aliphatic carbocycles. The summed E-state index contributed by atoms with van der Waals surface area (Å²) in [7, 11) is 0. The molecule has 8 heteroatoms. The van der Waals surface area contributed by atoms with Crippen LogP contribution in [0.5, 0.6) is 0 Å².